The lowest BCUT2D eigenvalue weighted by molar-refractivity contribution is -0.138. The Labute approximate surface area is 174 Å². The van der Waals surface area contributed by atoms with Crippen molar-refractivity contribution >= 4 is 22.8 Å². The van der Waals surface area contributed by atoms with Gasteiger partial charge in [0.25, 0.3) is 5.91 Å². The number of benzene rings is 2. The molecule has 3 aromatic rings. The third kappa shape index (κ3) is 2.34. The maximum absolute atomic E-state index is 13.4. The van der Waals surface area contributed by atoms with E-state index in [1.165, 1.54) is 0 Å². The second-order valence-electron chi connectivity index (χ2n) is 8.42. The molecule has 152 valence electrons. The van der Waals surface area contributed by atoms with Crippen LogP contribution in [-0.4, -0.2) is 46.5 Å². The lowest BCUT2D eigenvalue weighted by atomic mass is 10.0. The zero-order valence-corrected chi connectivity index (χ0v) is 16.7. The molecule has 1 aromatic heterocycles. The number of likely N-dealkylation sites (tertiary alicyclic amines) is 1. The van der Waals surface area contributed by atoms with Crippen molar-refractivity contribution in [1.82, 2.24) is 9.80 Å². The number of nitrogens with zero attached hydrogens (tertiary/aromatic N) is 2. The van der Waals surface area contributed by atoms with E-state index in [4.69, 9.17) is 9.15 Å². The molecule has 0 N–H and O–H groups in total. The number of carbonyl (C=O) groups is 2. The van der Waals surface area contributed by atoms with E-state index < -0.39 is 5.72 Å². The van der Waals surface area contributed by atoms with Crippen LogP contribution in [0.1, 0.15) is 40.6 Å². The van der Waals surface area contributed by atoms with E-state index in [1.807, 2.05) is 65.3 Å². The highest BCUT2D eigenvalue weighted by Crippen LogP contribution is 2.51. The summed E-state index contributed by atoms with van der Waals surface area (Å²) in [7, 11) is 0. The summed E-state index contributed by atoms with van der Waals surface area (Å²) < 4.78 is 11.9. The van der Waals surface area contributed by atoms with Crippen molar-refractivity contribution < 1.29 is 18.7 Å². The van der Waals surface area contributed by atoms with E-state index in [2.05, 4.69) is 0 Å². The highest BCUT2D eigenvalue weighted by molar-refractivity contribution is 5.99. The predicted molar refractivity (Wildman–Crippen MR) is 110 cm³/mol. The van der Waals surface area contributed by atoms with Gasteiger partial charge in [-0.05, 0) is 36.8 Å². The predicted octanol–water partition coefficient (Wildman–Crippen LogP) is 3.66. The third-order valence-electron chi connectivity index (χ3n) is 6.79. The minimum atomic E-state index is -0.705. The van der Waals surface area contributed by atoms with Crippen LogP contribution in [0.2, 0.25) is 0 Å². The Morgan fingerprint density at radius 2 is 1.97 bits per heavy atom. The Hall–Kier alpha value is -3.12. The van der Waals surface area contributed by atoms with Crippen molar-refractivity contribution in [2.24, 2.45) is 0 Å². The first-order valence-corrected chi connectivity index (χ1v) is 10.4. The van der Waals surface area contributed by atoms with E-state index in [1.54, 1.807) is 6.07 Å². The number of ether oxygens (including phenoxy) is 1. The van der Waals surface area contributed by atoms with E-state index in [0.29, 0.717) is 31.6 Å². The molecule has 3 atom stereocenters. The molecule has 4 heterocycles. The molecule has 0 bridgehead atoms. The van der Waals surface area contributed by atoms with Crippen molar-refractivity contribution in [3.8, 4) is 0 Å². The second kappa shape index (κ2) is 6.19. The molecule has 6 rings (SSSR count). The molecule has 3 fully saturated rings. The Morgan fingerprint density at radius 3 is 2.80 bits per heavy atom. The molecule has 6 nitrogen and oxygen atoms in total. The summed E-state index contributed by atoms with van der Waals surface area (Å²) in [6.45, 7) is 2.94. The topological polar surface area (TPSA) is 63.0 Å². The maximum atomic E-state index is 13.4. The number of rotatable bonds is 2. The van der Waals surface area contributed by atoms with Gasteiger partial charge in [-0.2, -0.15) is 0 Å². The van der Waals surface area contributed by atoms with Gasteiger partial charge in [0.05, 0.1) is 25.1 Å². The van der Waals surface area contributed by atoms with Gasteiger partial charge in [-0.15, -0.1) is 0 Å². The summed E-state index contributed by atoms with van der Waals surface area (Å²) in [4.78, 5) is 30.2. The fraction of sp³-hybridized carbons (Fsp3) is 0.333. The standard InChI is InChI=1S/C24H22N2O4/c1-15-11-18-12-17(7-8-20(18)30-15)23(28)25-10-9-24-21(25)13-22(27)26(24)19(14-29-24)16-5-3-2-4-6-16/h2-8,11-12,19,21H,9-10,13-14H2,1H3/t19-,21+,24-/m0/s1. The molecule has 2 aromatic carbocycles. The molecule has 0 aliphatic carbocycles. The number of fused-ring (bicyclic) bond motifs is 1. The van der Waals surface area contributed by atoms with Gasteiger partial charge < -0.3 is 19.0 Å². The fourth-order valence-corrected chi connectivity index (χ4v) is 5.48. The van der Waals surface area contributed by atoms with Crippen LogP contribution in [0.15, 0.2) is 59.0 Å². The molecular weight excluding hydrogens is 380 g/mol. The molecule has 0 unspecified atom stereocenters. The van der Waals surface area contributed by atoms with Crippen molar-refractivity contribution in [3.63, 3.8) is 0 Å². The third-order valence-corrected chi connectivity index (χ3v) is 6.79. The van der Waals surface area contributed by atoms with Crippen molar-refractivity contribution in [2.75, 3.05) is 13.2 Å². The quantitative estimate of drug-likeness (QED) is 0.656. The molecule has 0 saturated carbocycles. The van der Waals surface area contributed by atoms with Crippen LogP contribution in [0.25, 0.3) is 11.0 Å². The SMILES string of the molecule is Cc1cc2cc(C(=O)N3CC[C@@]45OC[C@@H](c6ccccc6)N4C(=O)C[C@@H]35)ccc2o1. The van der Waals surface area contributed by atoms with Crippen molar-refractivity contribution in [1.29, 1.82) is 0 Å². The number of aryl methyl sites for hydroxylation is 1. The average molecular weight is 402 g/mol. The average Bonchev–Trinajstić information content (AvgIpc) is 3.47. The van der Waals surface area contributed by atoms with E-state index in [0.717, 1.165) is 22.3 Å². The largest absolute Gasteiger partial charge is 0.461 e. The summed E-state index contributed by atoms with van der Waals surface area (Å²) in [6, 6.07) is 17.1. The minimum absolute atomic E-state index is 0.0564. The van der Waals surface area contributed by atoms with Crippen LogP contribution in [-0.2, 0) is 9.53 Å². The van der Waals surface area contributed by atoms with E-state index >= 15 is 0 Å². The van der Waals surface area contributed by atoms with E-state index in [-0.39, 0.29) is 23.9 Å². The summed E-state index contributed by atoms with van der Waals surface area (Å²) in [6.07, 6.45) is 0.952. The molecule has 30 heavy (non-hydrogen) atoms. The van der Waals surface area contributed by atoms with Gasteiger partial charge in [0, 0.05) is 23.9 Å². The lowest BCUT2D eigenvalue weighted by Gasteiger charge is -2.33. The van der Waals surface area contributed by atoms with Gasteiger partial charge in [-0.25, -0.2) is 0 Å². The monoisotopic (exact) mass is 402 g/mol. The van der Waals surface area contributed by atoms with E-state index in [9.17, 15) is 9.59 Å². The molecule has 3 saturated heterocycles. The van der Waals surface area contributed by atoms with Crippen LogP contribution < -0.4 is 0 Å². The number of furan rings is 1. The number of hydrogen-bond donors (Lipinski definition) is 0. The molecule has 3 aliphatic rings. The van der Waals surface area contributed by atoms with Gasteiger partial charge in [0.1, 0.15) is 11.3 Å². The fourth-order valence-electron chi connectivity index (χ4n) is 5.48. The van der Waals surface area contributed by atoms with Crippen LogP contribution in [0.4, 0.5) is 0 Å². The maximum Gasteiger partial charge on any atom is 0.254 e. The highest BCUT2D eigenvalue weighted by atomic mass is 16.5. The Kier molecular flexibility index (Phi) is 3.65. The second-order valence-corrected chi connectivity index (χ2v) is 8.42. The van der Waals surface area contributed by atoms with Gasteiger partial charge in [-0.1, -0.05) is 30.3 Å². The highest BCUT2D eigenvalue weighted by Gasteiger charge is 2.65. The Morgan fingerprint density at radius 1 is 1.13 bits per heavy atom. The van der Waals surface area contributed by atoms with Gasteiger partial charge in [0.2, 0.25) is 5.91 Å². The lowest BCUT2D eigenvalue weighted by Crippen LogP contribution is -2.49. The zero-order valence-electron chi connectivity index (χ0n) is 16.7. The van der Waals surface area contributed by atoms with Crippen LogP contribution in [0.5, 0.6) is 0 Å². The summed E-state index contributed by atoms with van der Waals surface area (Å²) >= 11 is 0. The minimum Gasteiger partial charge on any atom is -0.461 e. The normalized spacial score (nSPS) is 27.7. The first-order chi connectivity index (χ1) is 14.6. The van der Waals surface area contributed by atoms with Crippen LogP contribution in [0.3, 0.4) is 0 Å². The van der Waals surface area contributed by atoms with Gasteiger partial charge >= 0.3 is 0 Å². The van der Waals surface area contributed by atoms with Gasteiger partial charge in [0.15, 0.2) is 5.72 Å². The smallest absolute Gasteiger partial charge is 0.254 e. The molecule has 1 spiro atoms. The summed E-state index contributed by atoms with van der Waals surface area (Å²) in [5.74, 6) is 0.821. The summed E-state index contributed by atoms with van der Waals surface area (Å²) in [5, 5.41) is 0.914. The first-order valence-electron chi connectivity index (χ1n) is 10.4. The summed E-state index contributed by atoms with van der Waals surface area (Å²) in [5.41, 5.74) is 1.76. The van der Waals surface area contributed by atoms with Crippen molar-refractivity contribution in [3.05, 3.63) is 71.5 Å². The molecule has 6 heteroatoms. The number of hydrogen-bond acceptors (Lipinski definition) is 4. The number of carbonyl (C=O) groups excluding carboxylic acids is 2. The molecule has 0 radical (unpaired) electrons. The molecule has 3 aliphatic heterocycles. The Bertz CT molecular complexity index is 1170. The number of amides is 2. The van der Waals surface area contributed by atoms with Crippen LogP contribution >= 0.6 is 0 Å². The van der Waals surface area contributed by atoms with Crippen molar-refractivity contribution in [2.45, 2.75) is 37.6 Å². The molecule has 2 amide bonds. The zero-order chi connectivity index (χ0) is 20.5. The van der Waals surface area contributed by atoms with Gasteiger partial charge in [-0.3, -0.25) is 9.59 Å². The van der Waals surface area contributed by atoms with Crippen LogP contribution in [0, 0.1) is 6.92 Å². The Balaban J connectivity index is 1.32. The first kappa shape index (κ1) is 17.7. The molecular formula is C24H22N2O4.